The van der Waals surface area contributed by atoms with Gasteiger partial charge in [0.05, 0.1) is 0 Å². The molecule has 0 aliphatic heterocycles. The highest BCUT2D eigenvalue weighted by Crippen LogP contribution is 2.40. The molecule has 1 aliphatic rings. The van der Waals surface area contributed by atoms with E-state index in [0.29, 0.717) is 0 Å². The van der Waals surface area contributed by atoms with Crippen LogP contribution < -0.4 is 5.73 Å². The second kappa shape index (κ2) is 5.65. The van der Waals surface area contributed by atoms with Gasteiger partial charge < -0.3 is 10.5 Å². The number of rotatable bonds is 6. The Morgan fingerprint density at radius 2 is 2.12 bits per heavy atom. The Hall–Kier alpha value is -0.860. The summed E-state index contributed by atoms with van der Waals surface area (Å²) in [6, 6.07) is 8.73. The van der Waals surface area contributed by atoms with Crippen LogP contribution in [-0.4, -0.2) is 19.8 Å². The lowest BCUT2D eigenvalue weighted by atomic mass is 9.79. The van der Waals surface area contributed by atoms with Gasteiger partial charge in [0.15, 0.2) is 0 Å². The van der Waals surface area contributed by atoms with E-state index in [1.54, 1.807) is 0 Å². The van der Waals surface area contributed by atoms with E-state index < -0.39 is 0 Å². The molecule has 0 spiro atoms. The van der Waals surface area contributed by atoms with Gasteiger partial charge in [-0.2, -0.15) is 0 Å². The summed E-state index contributed by atoms with van der Waals surface area (Å²) in [7, 11) is 0. The summed E-state index contributed by atoms with van der Waals surface area (Å²) in [6.45, 7) is 4.57. The van der Waals surface area contributed by atoms with Crippen molar-refractivity contribution in [1.82, 2.24) is 0 Å². The quantitative estimate of drug-likeness (QED) is 0.767. The van der Waals surface area contributed by atoms with E-state index in [1.165, 1.54) is 24.0 Å². The van der Waals surface area contributed by atoms with Crippen LogP contribution >= 0.6 is 0 Å². The highest BCUT2D eigenvalue weighted by molar-refractivity contribution is 5.39. The zero-order chi connectivity index (χ0) is 12.1. The molecule has 2 nitrogen and oxygen atoms in total. The van der Waals surface area contributed by atoms with Crippen LogP contribution in [0.2, 0.25) is 0 Å². The van der Waals surface area contributed by atoms with Crippen LogP contribution in [0, 0.1) is 0 Å². The molecular weight excluding hydrogens is 210 g/mol. The van der Waals surface area contributed by atoms with E-state index in [0.717, 1.165) is 32.6 Å². The molecule has 0 saturated carbocycles. The van der Waals surface area contributed by atoms with Crippen molar-refractivity contribution in [3.63, 3.8) is 0 Å². The summed E-state index contributed by atoms with van der Waals surface area (Å²) < 4.78 is 5.63. The molecule has 0 heterocycles. The lowest BCUT2D eigenvalue weighted by molar-refractivity contribution is 0.114. The largest absolute Gasteiger partial charge is 0.381 e. The Labute approximate surface area is 104 Å². The Morgan fingerprint density at radius 3 is 2.88 bits per heavy atom. The number of benzene rings is 1. The predicted octanol–water partition coefficient (Wildman–Crippen LogP) is 2.65. The smallest absolute Gasteiger partial charge is 0.0475 e. The second-order valence-electron chi connectivity index (χ2n) is 5.00. The van der Waals surface area contributed by atoms with Gasteiger partial charge in [0.1, 0.15) is 0 Å². The average molecular weight is 233 g/mol. The highest BCUT2D eigenvalue weighted by atomic mass is 16.5. The first-order chi connectivity index (χ1) is 8.32. The van der Waals surface area contributed by atoms with Crippen molar-refractivity contribution >= 4 is 0 Å². The van der Waals surface area contributed by atoms with Crippen molar-refractivity contribution in [2.45, 2.75) is 38.0 Å². The van der Waals surface area contributed by atoms with Gasteiger partial charge >= 0.3 is 0 Å². The monoisotopic (exact) mass is 233 g/mol. The number of ether oxygens (including phenoxy) is 1. The third-order valence-corrected chi connectivity index (χ3v) is 3.93. The summed E-state index contributed by atoms with van der Waals surface area (Å²) in [5, 5.41) is 0. The molecule has 0 amide bonds. The molecule has 2 heteroatoms. The maximum absolute atomic E-state index is 6.04. The van der Waals surface area contributed by atoms with Gasteiger partial charge in [-0.05, 0) is 36.8 Å². The third kappa shape index (κ3) is 2.53. The van der Waals surface area contributed by atoms with Crippen LogP contribution in [-0.2, 0) is 16.6 Å². The summed E-state index contributed by atoms with van der Waals surface area (Å²) >= 11 is 0. The molecule has 1 unspecified atom stereocenters. The van der Waals surface area contributed by atoms with Crippen molar-refractivity contribution in [3.8, 4) is 0 Å². The minimum atomic E-state index is 0.171. The van der Waals surface area contributed by atoms with Gasteiger partial charge in [0.25, 0.3) is 0 Å². The van der Waals surface area contributed by atoms with Gasteiger partial charge in [0.2, 0.25) is 0 Å². The Morgan fingerprint density at radius 1 is 1.29 bits per heavy atom. The lowest BCUT2D eigenvalue weighted by Crippen LogP contribution is -2.34. The van der Waals surface area contributed by atoms with Crippen molar-refractivity contribution in [2.75, 3.05) is 19.8 Å². The minimum Gasteiger partial charge on any atom is -0.381 e. The van der Waals surface area contributed by atoms with E-state index in [9.17, 15) is 0 Å². The fourth-order valence-electron chi connectivity index (χ4n) is 2.85. The molecule has 0 fully saturated rings. The first-order valence-corrected chi connectivity index (χ1v) is 6.68. The molecule has 2 rings (SSSR count). The van der Waals surface area contributed by atoms with Crippen molar-refractivity contribution < 1.29 is 4.74 Å². The van der Waals surface area contributed by atoms with Crippen LogP contribution in [0.5, 0.6) is 0 Å². The summed E-state index contributed by atoms with van der Waals surface area (Å²) in [5.41, 5.74) is 9.15. The van der Waals surface area contributed by atoms with Crippen molar-refractivity contribution in [3.05, 3.63) is 35.4 Å². The number of nitrogens with two attached hydrogens (primary N) is 1. The first-order valence-electron chi connectivity index (χ1n) is 6.68. The van der Waals surface area contributed by atoms with Gasteiger partial charge in [-0.1, -0.05) is 31.2 Å². The molecule has 94 valence electrons. The molecule has 1 atom stereocenters. The van der Waals surface area contributed by atoms with E-state index in [4.69, 9.17) is 10.5 Å². The highest BCUT2D eigenvalue weighted by Gasteiger charge is 2.36. The molecule has 2 N–H and O–H groups in total. The van der Waals surface area contributed by atoms with Crippen LogP contribution in [0.15, 0.2) is 24.3 Å². The number of hydrogen-bond acceptors (Lipinski definition) is 2. The Bertz CT molecular complexity index is 364. The topological polar surface area (TPSA) is 35.2 Å². The molecule has 0 bridgehead atoms. The third-order valence-electron chi connectivity index (χ3n) is 3.93. The molecule has 0 saturated heterocycles. The zero-order valence-electron chi connectivity index (χ0n) is 10.7. The molecule has 0 aromatic heterocycles. The summed E-state index contributed by atoms with van der Waals surface area (Å²) in [5.74, 6) is 0. The molecule has 1 aromatic carbocycles. The maximum Gasteiger partial charge on any atom is 0.0475 e. The van der Waals surface area contributed by atoms with Crippen LogP contribution in [0.4, 0.5) is 0 Å². The van der Waals surface area contributed by atoms with Crippen LogP contribution in [0.3, 0.4) is 0 Å². The molecule has 17 heavy (non-hydrogen) atoms. The standard InChI is InChI=1S/C15H23NO/c1-2-10-17-11-9-15(12-16)8-7-13-5-3-4-6-14(13)15/h3-6H,2,7-12,16H2,1H3. The Kier molecular flexibility index (Phi) is 4.19. The number of hydrogen-bond donors (Lipinski definition) is 1. The number of fused-ring (bicyclic) bond motifs is 1. The van der Waals surface area contributed by atoms with E-state index in [2.05, 4.69) is 31.2 Å². The van der Waals surface area contributed by atoms with Crippen molar-refractivity contribution in [1.29, 1.82) is 0 Å². The van der Waals surface area contributed by atoms with Gasteiger partial charge in [-0.3, -0.25) is 0 Å². The average Bonchev–Trinajstić information content (AvgIpc) is 2.75. The summed E-state index contributed by atoms with van der Waals surface area (Å²) in [6.07, 6.45) is 4.49. The zero-order valence-corrected chi connectivity index (χ0v) is 10.7. The summed E-state index contributed by atoms with van der Waals surface area (Å²) in [4.78, 5) is 0. The lowest BCUT2D eigenvalue weighted by Gasteiger charge is -2.28. The second-order valence-corrected chi connectivity index (χ2v) is 5.00. The fourth-order valence-corrected chi connectivity index (χ4v) is 2.85. The molecule has 1 aliphatic carbocycles. The Balaban J connectivity index is 2.06. The van der Waals surface area contributed by atoms with Gasteiger partial charge in [-0.15, -0.1) is 0 Å². The normalized spacial score (nSPS) is 22.7. The maximum atomic E-state index is 6.04. The minimum absolute atomic E-state index is 0.171. The predicted molar refractivity (Wildman–Crippen MR) is 71.2 cm³/mol. The van der Waals surface area contributed by atoms with Gasteiger partial charge in [-0.25, -0.2) is 0 Å². The fraction of sp³-hybridized carbons (Fsp3) is 0.600. The molecule has 0 radical (unpaired) electrons. The SMILES string of the molecule is CCCOCCC1(CN)CCc2ccccc21. The molecule has 1 aromatic rings. The van der Waals surface area contributed by atoms with Crippen molar-refractivity contribution in [2.24, 2.45) is 5.73 Å². The number of aryl methyl sites for hydroxylation is 1. The van der Waals surface area contributed by atoms with E-state index in [-0.39, 0.29) is 5.41 Å². The van der Waals surface area contributed by atoms with Gasteiger partial charge in [0, 0.05) is 25.2 Å². The van der Waals surface area contributed by atoms with Crippen LogP contribution in [0.1, 0.15) is 37.3 Å². The molecular formula is C15H23NO. The van der Waals surface area contributed by atoms with E-state index >= 15 is 0 Å². The van der Waals surface area contributed by atoms with Crippen LogP contribution in [0.25, 0.3) is 0 Å². The first kappa shape index (κ1) is 12.6. The van der Waals surface area contributed by atoms with E-state index in [1.807, 2.05) is 0 Å².